The Bertz CT molecular complexity index is 2130. The van der Waals surface area contributed by atoms with Crippen molar-refractivity contribution < 1.29 is 37.8 Å². The second-order valence-electron chi connectivity index (χ2n) is 12.5. The van der Waals surface area contributed by atoms with Crippen molar-refractivity contribution in [1.29, 1.82) is 0 Å². The van der Waals surface area contributed by atoms with Gasteiger partial charge in [0.05, 0.1) is 5.69 Å². The molecule has 0 unspecified atom stereocenters. The van der Waals surface area contributed by atoms with E-state index in [0.717, 1.165) is 38.6 Å². The number of hydrogen-bond donors (Lipinski definition) is 3. The number of amides is 2. The SMILES string of the molecule is Cc1cc[n+](C)n1CC1=C(C(=O)O)N2C(=O)[C@@H](NC(=O)C(=NOC(F)F)c3csc(NC(c4ccccc4)(c4ccccc4)c4ccccc4)n3)[C@H]2SC1. The number of carbonyl (C=O) groups is 3. The normalized spacial score (nSPS) is 17.2. The molecule has 0 bridgehead atoms. The number of halogens is 2. The summed E-state index contributed by atoms with van der Waals surface area (Å²) in [6.07, 6.45) is 1.85. The number of carbonyl (C=O) groups excluding carboxylic acids is 2. The quantitative estimate of drug-likeness (QED) is 0.0507. The van der Waals surface area contributed by atoms with Gasteiger partial charge in [-0.1, -0.05) is 96.2 Å². The van der Waals surface area contributed by atoms with E-state index in [1.807, 2.05) is 127 Å². The van der Waals surface area contributed by atoms with E-state index in [1.54, 1.807) is 0 Å². The number of rotatable bonds is 13. The van der Waals surface area contributed by atoms with Crippen LogP contribution in [-0.2, 0) is 38.4 Å². The number of aliphatic carboxylic acids is 1. The van der Waals surface area contributed by atoms with Crippen molar-refractivity contribution in [2.45, 2.75) is 37.0 Å². The first-order valence-corrected chi connectivity index (χ1v) is 18.7. The summed E-state index contributed by atoms with van der Waals surface area (Å²) in [6.45, 7) is -1.20. The number of fused-ring (bicyclic) bond motifs is 1. The molecular formula is C38H34F2N7O5S2+. The Balaban J connectivity index is 1.17. The van der Waals surface area contributed by atoms with Crippen LogP contribution in [0.15, 0.2) is 125 Å². The molecule has 54 heavy (non-hydrogen) atoms. The second kappa shape index (κ2) is 15.2. The molecule has 3 N–H and O–H groups in total. The number of nitrogens with zero attached hydrogens (tertiary/aromatic N) is 5. The van der Waals surface area contributed by atoms with Crippen LogP contribution in [0.2, 0.25) is 0 Å². The summed E-state index contributed by atoms with van der Waals surface area (Å²) in [7, 11) is 1.83. The smallest absolute Gasteiger partial charge is 0.407 e. The molecule has 2 aromatic heterocycles. The lowest BCUT2D eigenvalue weighted by Crippen LogP contribution is -2.71. The Kier molecular flexibility index (Phi) is 10.3. The summed E-state index contributed by atoms with van der Waals surface area (Å²) < 4.78 is 30.3. The van der Waals surface area contributed by atoms with Gasteiger partial charge in [0.2, 0.25) is 0 Å². The van der Waals surface area contributed by atoms with Gasteiger partial charge in [0.1, 0.15) is 34.9 Å². The van der Waals surface area contributed by atoms with Crippen LogP contribution in [0.25, 0.3) is 0 Å². The van der Waals surface area contributed by atoms with Crippen molar-refractivity contribution in [3.63, 3.8) is 0 Å². The number of thioether (sulfide) groups is 1. The summed E-state index contributed by atoms with van der Waals surface area (Å²) >= 11 is 2.42. The van der Waals surface area contributed by atoms with Crippen LogP contribution in [-0.4, -0.2) is 66.9 Å². The third-order valence-electron chi connectivity index (χ3n) is 9.30. The van der Waals surface area contributed by atoms with Gasteiger partial charge < -0.3 is 20.6 Å². The van der Waals surface area contributed by atoms with Gasteiger partial charge in [-0.15, -0.1) is 27.8 Å². The first-order valence-electron chi connectivity index (χ1n) is 16.7. The number of carboxylic acids is 1. The molecule has 2 aliphatic rings. The first-order chi connectivity index (χ1) is 26.1. The molecule has 0 aliphatic carbocycles. The summed E-state index contributed by atoms with van der Waals surface area (Å²) in [4.78, 5) is 49.7. The maximum absolute atomic E-state index is 13.8. The van der Waals surface area contributed by atoms with E-state index < -0.39 is 47.1 Å². The van der Waals surface area contributed by atoms with Gasteiger partial charge in [0.15, 0.2) is 24.1 Å². The third kappa shape index (κ3) is 6.85. The van der Waals surface area contributed by atoms with E-state index in [-0.39, 0.29) is 23.7 Å². The van der Waals surface area contributed by atoms with Crippen molar-refractivity contribution in [3.05, 3.63) is 148 Å². The average Bonchev–Trinajstić information content (AvgIpc) is 3.78. The van der Waals surface area contributed by atoms with Crippen LogP contribution in [0.3, 0.4) is 0 Å². The molecule has 1 fully saturated rings. The Hall–Kier alpha value is -5.87. The van der Waals surface area contributed by atoms with Crippen molar-refractivity contribution >= 4 is 51.7 Å². The number of alkyl halides is 2. The van der Waals surface area contributed by atoms with Crippen LogP contribution in [0, 0.1) is 6.92 Å². The molecule has 1 saturated heterocycles. The molecule has 0 radical (unpaired) electrons. The summed E-state index contributed by atoms with van der Waals surface area (Å²) in [5.74, 6) is -2.64. The molecule has 5 aromatic rings. The highest BCUT2D eigenvalue weighted by atomic mass is 32.2. The number of nitrogens with one attached hydrogen (secondary N) is 2. The Morgan fingerprint density at radius 2 is 1.61 bits per heavy atom. The van der Waals surface area contributed by atoms with Gasteiger partial charge in [0, 0.05) is 17.2 Å². The van der Waals surface area contributed by atoms with Crippen molar-refractivity contribution in [1.82, 2.24) is 19.9 Å². The number of β-lactam (4-membered cyclic amide) rings is 1. The number of aromatic nitrogens is 3. The molecule has 276 valence electrons. The number of aryl methyl sites for hydroxylation is 2. The summed E-state index contributed by atoms with van der Waals surface area (Å²) in [6, 6.07) is 29.9. The number of thiazole rings is 1. The number of carboxylic acid groups (broad SMARTS) is 1. The average molecular weight is 771 g/mol. The Labute approximate surface area is 316 Å². The predicted octanol–water partition coefficient (Wildman–Crippen LogP) is 4.86. The van der Waals surface area contributed by atoms with E-state index in [2.05, 4.69) is 25.6 Å². The largest absolute Gasteiger partial charge is 0.477 e. The maximum Gasteiger partial charge on any atom is 0.407 e. The van der Waals surface area contributed by atoms with Crippen LogP contribution in [0.4, 0.5) is 13.9 Å². The van der Waals surface area contributed by atoms with Crippen LogP contribution in [0.5, 0.6) is 0 Å². The number of anilines is 1. The topological polar surface area (TPSA) is 142 Å². The number of oxime groups is 1. The lowest BCUT2D eigenvalue weighted by molar-refractivity contribution is -0.753. The second-order valence-corrected chi connectivity index (χ2v) is 14.5. The van der Waals surface area contributed by atoms with E-state index in [0.29, 0.717) is 10.7 Å². The standard InChI is InChI=1S/C38H33F2N7O5S2/c1-23-18-19-45(2)46(23)20-24-21-53-34-30(33(49)47(34)31(24)35(50)51)42-32(48)29(44-52-36(39)40)28-22-54-37(41-28)43-38(25-12-6-3-7-13-25,26-14-8-4-9-15-26)27-16-10-5-11-17-27/h3-19,22,30,34,36H,20-21H2,1-2H3,(H2-,41,42,43,48,50,51)/p+1/t30-,34-/m1/s1. The molecule has 3 aromatic carbocycles. The third-order valence-corrected chi connectivity index (χ3v) is 11.4. The highest BCUT2D eigenvalue weighted by molar-refractivity contribution is 8.00. The fourth-order valence-electron chi connectivity index (χ4n) is 6.74. The minimum Gasteiger partial charge on any atom is -0.477 e. The van der Waals surface area contributed by atoms with E-state index >= 15 is 0 Å². The van der Waals surface area contributed by atoms with E-state index in [4.69, 9.17) is 0 Å². The zero-order valence-corrected chi connectivity index (χ0v) is 30.6. The van der Waals surface area contributed by atoms with Crippen molar-refractivity contribution in [3.8, 4) is 0 Å². The molecule has 0 saturated carbocycles. The minimum absolute atomic E-state index is 0.0768. The fourth-order valence-corrected chi connectivity index (χ4v) is 8.83. The van der Waals surface area contributed by atoms with Gasteiger partial charge in [0.25, 0.3) is 11.8 Å². The first kappa shape index (κ1) is 36.5. The molecule has 2 amide bonds. The zero-order chi connectivity index (χ0) is 38.0. The number of hydrogen-bond acceptors (Lipinski definition) is 9. The van der Waals surface area contributed by atoms with Gasteiger partial charge in [-0.25, -0.2) is 9.78 Å². The van der Waals surface area contributed by atoms with Crippen molar-refractivity contribution in [2.24, 2.45) is 12.2 Å². The van der Waals surface area contributed by atoms with Crippen molar-refractivity contribution in [2.75, 3.05) is 11.1 Å². The van der Waals surface area contributed by atoms with E-state index in [1.165, 1.54) is 17.1 Å². The maximum atomic E-state index is 13.8. The van der Waals surface area contributed by atoms with E-state index in [9.17, 15) is 28.3 Å². The molecule has 12 nitrogen and oxygen atoms in total. The molecule has 4 heterocycles. The highest BCUT2D eigenvalue weighted by Crippen LogP contribution is 2.42. The zero-order valence-electron chi connectivity index (χ0n) is 28.9. The monoisotopic (exact) mass is 770 g/mol. The van der Waals surface area contributed by atoms with Gasteiger partial charge in [-0.2, -0.15) is 13.5 Å². The highest BCUT2D eigenvalue weighted by Gasteiger charge is 2.54. The number of benzene rings is 3. The molecule has 7 rings (SSSR count). The van der Waals surface area contributed by atoms with Crippen LogP contribution >= 0.6 is 23.1 Å². The molecule has 0 spiro atoms. The summed E-state index contributed by atoms with van der Waals surface area (Å²) in [5.41, 5.74) is 2.33. The minimum atomic E-state index is -3.34. The molecule has 2 atom stereocenters. The lowest BCUT2D eigenvalue weighted by Gasteiger charge is -2.49. The Morgan fingerprint density at radius 1 is 1.02 bits per heavy atom. The molecule has 16 heteroatoms. The van der Waals surface area contributed by atoms with Gasteiger partial charge in [-0.3, -0.25) is 14.5 Å². The van der Waals surface area contributed by atoms with Crippen LogP contribution < -0.4 is 15.3 Å². The lowest BCUT2D eigenvalue weighted by atomic mass is 9.77. The van der Waals surface area contributed by atoms with Gasteiger partial charge in [-0.05, 0) is 29.2 Å². The van der Waals surface area contributed by atoms with Crippen LogP contribution in [0.1, 0.15) is 28.1 Å². The van der Waals surface area contributed by atoms with Gasteiger partial charge >= 0.3 is 12.6 Å². The Morgan fingerprint density at radius 3 is 2.13 bits per heavy atom. The summed E-state index contributed by atoms with van der Waals surface area (Å²) in [5, 5.41) is 20.8. The molecular weight excluding hydrogens is 737 g/mol. The fraction of sp³-hybridized carbons (Fsp3) is 0.211. The molecule has 2 aliphatic heterocycles. The predicted molar refractivity (Wildman–Crippen MR) is 199 cm³/mol.